The van der Waals surface area contributed by atoms with Crippen molar-refractivity contribution in [3.63, 3.8) is 0 Å². The Morgan fingerprint density at radius 1 is 1.10 bits per heavy atom. The fourth-order valence-corrected chi connectivity index (χ4v) is 1.98. The van der Waals surface area contributed by atoms with Crippen LogP contribution in [0.4, 0.5) is 0 Å². The number of aliphatic hydroxyl groups excluding tert-OH is 4. The van der Waals surface area contributed by atoms with Gasteiger partial charge in [-0.25, -0.2) is 0 Å². The summed E-state index contributed by atoms with van der Waals surface area (Å²) < 4.78 is 4.98. The Balaban J connectivity index is 2.09. The summed E-state index contributed by atoms with van der Waals surface area (Å²) in [5.74, 6) is 0.115. The second kappa shape index (κ2) is 6.29. The number of hydrogen-bond donors (Lipinski definition) is 5. The highest BCUT2D eigenvalue weighted by atomic mass is 16.6. The van der Waals surface area contributed by atoms with Gasteiger partial charge in [0.05, 0.1) is 6.61 Å². The average molecular weight is 283 g/mol. The highest BCUT2D eigenvalue weighted by Crippen LogP contribution is 2.22. The Bertz CT molecular complexity index is 462. The first-order valence-corrected chi connectivity index (χ1v) is 6.15. The minimum Gasteiger partial charge on any atom is -0.508 e. The summed E-state index contributed by atoms with van der Waals surface area (Å²) in [5.41, 5.74) is 0.654. The summed E-state index contributed by atoms with van der Waals surface area (Å²) in [6.45, 7) is -0.510. The minimum absolute atomic E-state index is 0.115. The standard InChI is InChI=1S/C13H17NO6/c15-6-9-11(17)12(18)10(13(19)20-9)14-5-7-1-3-8(16)4-2-7/h1-5,9-13,15-19H,6H2/b14-5+/t9?,10?,11-,12?,13-/m1/s1. The van der Waals surface area contributed by atoms with Gasteiger partial charge < -0.3 is 30.3 Å². The number of rotatable bonds is 3. The summed E-state index contributed by atoms with van der Waals surface area (Å²) in [6.07, 6.45) is -3.74. The third-order valence-electron chi connectivity index (χ3n) is 3.16. The molecule has 0 amide bonds. The number of phenolic OH excluding ortho intramolecular Hbond substituents is 1. The molecular formula is C13H17NO6. The van der Waals surface area contributed by atoms with Gasteiger partial charge in [-0.1, -0.05) is 0 Å². The molecule has 7 nitrogen and oxygen atoms in total. The smallest absolute Gasteiger partial charge is 0.180 e. The summed E-state index contributed by atoms with van der Waals surface area (Å²) in [5, 5.41) is 47.4. The number of phenols is 1. The van der Waals surface area contributed by atoms with Crippen molar-refractivity contribution in [3.05, 3.63) is 29.8 Å². The first-order valence-electron chi connectivity index (χ1n) is 6.15. The predicted octanol–water partition coefficient (Wildman–Crippen LogP) is -1.39. The molecule has 110 valence electrons. The van der Waals surface area contributed by atoms with Gasteiger partial charge in [0.15, 0.2) is 6.29 Å². The molecule has 20 heavy (non-hydrogen) atoms. The molecule has 1 aliphatic heterocycles. The van der Waals surface area contributed by atoms with Crippen LogP contribution < -0.4 is 0 Å². The van der Waals surface area contributed by atoms with E-state index < -0.39 is 37.3 Å². The lowest BCUT2D eigenvalue weighted by atomic mass is 9.97. The van der Waals surface area contributed by atoms with Crippen molar-refractivity contribution < 1.29 is 30.3 Å². The maximum Gasteiger partial charge on any atom is 0.180 e. The van der Waals surface area contributed by atoms with E-state index in [4.69, 9.17) is 14.9 Å². The second-order valence-corrected chi connectivity index (χ2v) is 4.59. The zero-order valence-electron chi connectivity index (χ0n) is 10.6. The van der Waals surface area contributed by atoms with Crippen molar-refractivity contribution in [1.29, 1.82) is 0 Å². The van der Waals surface area contributed by atoms with Gasteiger partial charge in [-0.3, -0.25) is 4.99 Å². The molecule has 0 saturated carbocycles. The highest BCUT2D eigenvalue weighted by molar-refractivity contribution is 5.79. The topological polar surface area (TPSA) is 123 Å². The van der Waals surface area contributed by atoms with Crippen molar-refractivity contribution in [2.45, 2.75) is 30.6 Å². The van der Waals surface area contributed by atoms with E-state index in [0.29, 0.717) is 5.56 Å². The largest absolute Gasteiger partial charge is 0.508 e. The summed E-state index contributed by atoms with van der Waals surface area (Å²) in [7, 11) is 0. The van der Waals surface area contributed by atoms with Crippen LogP contribution in [0.25, 0.3) is 0 Å². The number of aliphatic hydroxyl groups is 4. The number of aromatic hydroxyl groups is 1. The molecule has 0 bridgehead atoms. The molecule has 5 atom stereocenters. The molecule has 0 radical (unpaired) electrons. The lowest BCUT2D eigenvalue weighted by molar-refractivity contribution is -0.248. The van der Waals surface area contributed by atoms with E-state index in [-0.39, 0.29) is 5.75 Å². The SMILES string of the molecule is OCC1O[C@@H](O)C(/N=C/c2ccc(O)cc2)C(O)[C@@H]1O. The third-order valence-corrected chi connectivity index (χ3v) is 3.16. The lowest BCUT2D eigenvalue weighted by Gasteiger charge is -2.38. The Morgan fingerprint density at radius 3 is 2.35 bits per heavy atom. The molecule has 1 fully saturated rings. The molecule has 7 heteroatoms. The van der Waals surface area contributed by atoms with Crippen LogP contribution in [0, 0.1) is 0 Å². The van der Waals surface area contributed by atoms with Crippen LogP contribution in [0.1, 0.15) is 5.56 Å². The normalized spacial score (nSPS) is 34.5. The van der Waals surface area contributed by atoms with Crippen molar-refractivity contribution >= 4 is 6.21 Å². The molecule has 0 aliphatic carbocycles. The van der Waals surface area contributed by atoms with Crippen LogP contribution in [-0.4, -0.2) is 69.0 Å². The maximum atomic E-state index is 9.88. The zero-order chi connectivity index (χ0) is 14.7. The molecule has 5 N–H and O–H groups in total. The Morgan fingerprint density at radius 2 is 1.75 bits per heavy atom. The molecule has 1 saturated heterocycles. The van der Waals surface area contributed by atoms with Gasteiger partial charge in [0.1, 0.15) is 30.1 Å². The maximum absolute atomic E-state index is 9.88. The van der Waals surface area contributed by atoms with Crippen molar-refractivity contribution in [3.8, 4) is 5.75 Å². The quantitative estimate of drug-likeness (QED) is 0.435. The molecule has 1 heterocycles. The number of nitrogens with zero attached hydrogens (tertiary/aromatic N) is 1. The highest BCUT2D eigenvalue weighted by Gasteiger charge is 2.43. The van der Waals surface area contributed by atoms with Crippen LogP contribution in [-0.2, 0) is 4.74 Å². The molecule has 2 rings (SSSR count). The van der Waals surface area contributed by atoms with Crippen LogP contribution >= 0.6 is 0 Å². The number of ether oxygens (including phenoxy) is 1. The number of hydrogen-bond acceptors (Lipinski definition) is 7. The Labute approximate surface area is 115 Å². The van der Waals surface area contributed by atoms with E-state index in [1.807, 2.05) is 0 Å². The fourth-order valence-electron chi connectivity index (χ4n) is 1.98. The van der Waals surface area contributed by atoms with E-state index in [1.165, 1.54) is 18.3 Å². The van der Waals surface area contributed by atoms with Crippen LogP contribution in [0.3, 0.4) is 0 Å². The molecule has 0 spiro atoms. The molecule has 1 aromatic carbocycles. The van der Waals surface area contributed by atoms with Gasteiger partial charge in [0.2, 0.25) is 0 Å². The third kappa shape index (κ3) is 3.14. The minimum atomic E-state index is -1.42. The van der Waals surface area contributed by atoms with Gasteiger partial charge in [0, 0.05) is 6.21 Å². The average Bonchev–Trinajstić information content (AvgIpc) is 2.44. The Kier molecular flexibility index (Phi) is 4.69. The van der Waals surface area contributed by atoms with Crippen molar-refractivity contribution in [2.24, 2.45) is 4.99 Å². The molecule has 3 unspecified atom stereocenters. The van der Waals surface area contributed by atoms with E-state index in [2.05, 4.69) is 4.99 Å². The van der Waals surface area contributed by atoms with Gasteiger partial charge in [-0.2, -0.15) is 0 Å². The summed E-state index contributed by atoms with van der Waals surface area (Å²) in [4.78, 5) is 3.99. The fraction of sp³-hybridized carbons (Fsp3) is 0.462. The number of benzene rings is 1. The van der Waals surface area contributed by atoms with Crippen molar-refractivity contribution in [2.75, 3.05) is 6.61 Å². The van der Waals surface area contributed by atoms with Gasteiger partial charge in [-0.15, -0.1) is 0 Å². The van der Waals surface area contributed by atoms with Crippen LogP contribution in [0.15, 0.2) is 29.3 Å². The van der Waals surface area contributed by atoms with Gasteiger partial charge in [0.25, 0.3) is 0 Å². The van der Waals surface area contributed by atoms with Crippen LogP contribution in [0.2, 0.25) is 0 Å². The van der Waals surface area contributed by atoms with Crippen molar-refractivity contribution in [1.82, 2.24) is 0 Å². The predicted molar refractivity (Wildman–Crippen MR) is 69.5 cm³/mol. The lowest BCUT2D eigenvalue weighted by Crippen LogP contribution is -2.57. The second-order valence-electron chi connectivity index (χ2n) is 4.59. The first kappa shape index (κ1) is 14.9. The number of aliphatic imine (C=N–C) groups is 1. The van der Waals surface area contributed by atoms with Gasteiger partial charge >= 0.3 is 0 Å². The molecular weight excluding hydrogens is 266 g/mol. The summed E-state index contributed by atoms with van der Waals surface area (Å²) in [6, 6.07) is 5.11. The molecule has 0 aromatic heterocycles. The Hall–Kier alpha value is -1.51. The molecule has 1 aromatic rings. The molecule has 1 aliphatic rings. The van der Waals surface area contributed by atoms with E-state index >= 15 is 0 Å². The van der Waals surface area contributed by atoms with E-state index in [0.717, 1.165) is 0 Å². The zero-order valence-corrected chi connectivity index (χ0v) is 10.6. The van der Waals surface area contributed by atoms with Crippen LogP contribution in [0.5, 0.6) is 5.75 Å². The monoisotopic (exact) mass is 283 g/mol. The first-order chi connectivity index (χ1) is 9.52. The van der Waals surface area contributed by atoms with E-state index in [1.54, 1.807) is 12.1 Å². The summed E-state index contributed by atoms with van der Waals surface area (Å²) >= 11 is 0. The van der Waals surface area contributed by atoms with E-state index in [9.17, 15) is 15.3 Å². The van der Waals surface area contributed by atoms with Gasteiger partial charge in [-0.05, 0) is 29.8 Å².